The van der Waals surface area contributed by atoms with Crippen LogP contribution in [-0.4, -0.2) is 5.54 Å². The summed E-state index contributed by atoms with van der Waals surface area (Å²) in [6.07, 6.45) is 8.45. The summed E-state index contributed by atoms with van der Waals surface area (Å²) >= 11 is 0. The molecule has 0 amide bonds. The van der Waals surface area contributed by atoms with Crippen LogP contribution in [0, 0.1) is 0 Å². The second kappa shape index (κ2) is 4.63. The van der Waals surface area contributed by atoms with E-state index in [9.17, 15) is 0 Å². The van der Waals surface area contributed by atoms with Crippen molar-refractivity contribution in [2.24, 2.45) is 0 Å². The first-order valence-electron chi connectivity index (χ1n) is 7.98. The lowest BCUT2D eigenvalue weighted by Gasteiger charge is -2.39. The molecular formula is C18H28N+. The molecule has 1 aliphatic carbocycles. The van der Waals surface area contributed by atoms with Crippen molar-refractivity contribution in [1.29, 1.82) is 0 Å². The van der Waals surface area contributed by atoms with Crippen LogP contribution in [-0.2, 0) is 5.41 Å². The minimum Gasteiger partial charge on any atom is -0.335 e. The summed E-state index contributed by atoms with van der Waals surface area (Å²) in [5.74, 6) is 0. The van der Waals surface area contributed by atoms with Crippen LogP contribution in [0.5, 0.6) is 0 Å². The minimum atomic E-state index is 0.315. The fourth-order valence-corrected chi connectivity index (χ4v) is 4.76. The van der Waals surface area contributed by atoms with E-state index in [0.29, 0.717) is 17.0 Å². The summed E-state index contributed by atoms with van der Waals surface area (Å²) in [6, 6.07) is 9.74. The zero-order valence-electron chi connectivity index (χ0n) is 12.7. The molecule has 1 spiro atoms. The lowest BCUT2D eigenvalue weighted by Crippen LogP contribution is -2.97. The summed E-state index contributed by atoms with van der Waals surface area (Å²) in [5.41, 5.74) is 3.96. The Bertz CT molecular complexity index is 455. The van der Waals surface area contributed by atoms with Crippen LogP contribution in [0.2, 0.25) is 0 Å². The fraction of sp³-hybridized carbons (Fsp3) is 0.667. The molecular weight excluding hydrogens is 230 g/mol. The van der Waals surface area contributed by atoms with E-state index in [-0.39, 0.29) is 0 Å². The Morgan fingerprint density at radius 1 is 1.05 bits per heavy atom. The zero-order chi connectivity index (χ0) is 13.5. The predicted molar refractivity (Wildman–Crippen MR) is 80.2 cm³/mol. The highest BCUT2D eigenvalue weighted by Gasteiger charge is 2.45. The molecule has 1 fully saturated rings. The molecule has 1 aromatic rings. The summed E-state index contributed by atoms with van der Waals surface area (Å²) < 4.78 is 0. The highest BCUT2D eigenvalue weighted by atomic mass is 15.0. The first kappa shape index (κ1) is 13.2. The number of benzene rings is 1. The molecule has 2 N–H and O–H groups in total. The van der Waals surface area contributed by atoms with Crippen LogP contribution >= 0.6 is 0 Å². The van der Waals surface area contributed by atoms with Gasteiger partial charge in [-0.05, 0) is 30.7 Å². The van der Waals surface area contributed by atoms with E-state index in [1.54, 1.807) is 11.1 Å². The quantitative estimate of drug-likeness (QED) is 0.731. The lowest BCUT2D eigenvalue weighted by atomic mass is 9.69. The third-order valence-electron chi connectivity index (χ3n) is 5.43. The molecule has 1 nitrogen and oxygen atoms in total. The molecule has 1 heterocycles. The van der Waals surface area contributed by atoms with Crippen molar-refractivity contribution in [3.8, 4) is 0 Å². The van der Waals surface area contributed by atoms with Crippen molar-refractivity contribution in [2.75, 3.05) is 0 Å². The Kier molecular flexibility index (Phi) is 3.21. The topological polar surface area (TPSA) is 16.6 Å². The molecule has 3 rings (SSSR count). The fourth-order valence-electron chi connectivity index (χ4n) is 4.76. The molecule has 1 saturated carbocycles. The van der Waals surface area contributed by atoms with Gasteiger partial charge >= 0.3 is 0 Å². The smallest absolute Gasteiger partial charge is 0.109 e. The van der Waals surface area contributed by atoms with Crippen LogP contribution in [0.4, 0.5) is 0 Å². The van der Waals surface area contributed by atoms with Crippen molar-refractivity contribution in [2.45, 2.75) is 76.3 Å². The van der Waals surface area contributed by atoms with E-state index >= 15 is 0 Å². The molecule has 0 saturated heterocycles. The predicted octanol–water partition coefficient (Wildman–Crippen LogP) is 3.70. The van der Waals surface area contributed by atoms with Crippen molar-refractivity contribution in [1.82, 2.24) is 0 Å². The number of quaternary nitrogens is 1. The third kappa shape index (κ3) is 2.33. The molecule has 104 valence electrons. The minimum absolute atomic E-state index is 0.315. The Balaban J connectivity index is 2.03. The molecule has 0 unspecified atom stereocenters. The van der Waals surface area contributed by atoms with Crippen molar-refractivity contribution >= 4 is 0 Å². The second-order valence-corrected chi connectivity index (χ2v) is 7.53. The van der Waals surface area contributed by atoms with E-state index in [1.807, 2.05) is 0 Å². The van der Waals surface area contributed by atoms with Crippen LogP contribution in [0.3, 0.4) is 0 Å². The Labute approximate surface area is 117 Å². The van der Waals surface area contributed by atoms with Gasteiger partial charge in [-0.15, -0.1) is 0 Å². The van der Waals surface area contributed by atoms with E-state index in [2.05, 4.69) is 50.4 Å². The molecule has 1 aliphatic heterocycles. The van der Waals surface area contributed by atoms with Gasteiger partial charge in [0.1, 0.15) is 6.04 Å². The van der Waals surface area contributed by atoms with E-state index in [4.69, 9.17) is 0 Å². The van der Waals surface area contributed by atoms with Crippen molar-refractivity contribution in [3.05, 3.63) is 35.4 Å². The first-order chi connectivity index (χ1) is 9.03. The number of nitrogens with two attached hydrogens (primary N) is 1. The molecule has 2 aliphatic rings. The van der Waals surface area contributed by atoms with Gasteiger partial charge in [-0.2, -0.15) is 0 Å². The number of hydrogen-bond donors (Lipinski definition) is 1. The standard InChI is InChI=1S/C18H27N/c1-14-15-9-5-6-10-16(15)17(2,3)13-18(19-14)11-7-4-8-12-18/h5-6,9-10,14,19H,4,7-8,11-13H2,1-3H3/p+1/t14-/m1/s1. The molecule has 1 atom stereocenters. The zero-order valence-corrected chi connectivity index (χ0v) is 12.7. The average molecular weight is 258 g/mol. The average Bonchev–Trinajstić information content (AvgIpc) is 2.45. The number of hydrogen-bond acceptors (Lipinski definition) is 0. The maximum atomic E-state index is 2.71. The first-order valence-corrected chi connectivity index (χ1v) is 7.98. The molecule has 1 heteroatoms. The monoisotopic (exact) mass is 258 g/mol. The summed E-state index contributed by atoms with van der Waals surface area (Å²) in [5, 5.41) is 2.71. The van der Waals surface area contributed by atoms with Gasteiger partial charge in [0.15, 0.2) is 0 Å². The number of rotatable bonds is 0. The van der Waals surface area contributed by atoms with Gasteiger partial charge in [0.25, 0.3) is 0 Å². The summed E-state index contributed by atoms with van der Waals surface area (Å²) in [6.45, 7) is 7.30. The Morgan fingerprint density at radius 3 is 2.47 bits per heavy atom. The highest BCUT2D eigenvalue weighted by molar-refractivity contribution is 5.36. The van der Waals surface area contributed by atoms with Crippen LogP contribution in [0.25, 0.3) is 0 Å². The third-order valence-corrected chi connectivity index (χ3v) is 5.43. The van der Waals surface area contributed by atoms with Gasteiger partial charge in [0.05, 0.1) is 5.54 Å². The van der Waals surface area contributed by atoms with Crippen LogP contribution in [0.1, 0.15) is 76.5 Å². The van der Waals surface area contributed by atoms with E-state index in [1.165, 1.54) is 38.5 Å². The van der Waals surface area contributed by atoms with Gasteiger partial charge in [-0.1, -0.05) is 44.5 Å². The highest BCUT2D eigenvalue weighted by Crippen LogP contribution is 2.42. The molecule has 19 heavy (non-hydrogen) atoms. The normalized spacial score (nSPS) is 28.7. The Hall–Kier alpha value is -0.820. The molecule has 1 aromatic carbocycles. The van der Waals surface area contributed by atoms with Gasteiger partial charge in [0, 0.05) is 24.8 Å². The van der Waals surface area contributed by atoms with Crippen molar-refractivity contribution in [3.63, 3.8) is 0 Å². The van der Waals surface area contributed by atoms with Gasteiger partial charge in [0.2, 0.25) is 0 Å². The van der Waals surface area contributed by atoms with Gasteiger partial charge in [-0.25, -0.2) is 0 Å². The van der Waals surface area contributed by atoms with Crippen LogP contribution in [0.15, 0.2) is 24.3 Å². The lowest BCUT2D eigenvalue weighted by molar-refractivity contribution is -0.763. The number of fused-ring (bicyclic) bond motifs is 1. The van der Waals surface area contributed by atoms with E-state index in [0.717, 1.165) is 0 Å². The molecule has 0 aromatic heterocycles. The summed E-state index contributed by atoms with van der Waals surface area (Å²) in [4.78, 5) is 0. The maximum absolute atomic E-state index is 2.71. The van der Waals surface area contributed by atoms with E-state index < -0.39 is 0 Å². The van der Waals surface area contributed by atoms with Crippen molar-refractivity contribution < 1.29 is 5.32 Å². The second-order valence-electron chi connectivity index (χ2n) is 7.53. The van der Waals surface area contributed by atoms with Crippen LogP contribution < -0.4 is 5.32 Å². The molecule has 0 radical (unpaired) electrons. The summed E-state index contributed by atoms with van der Waals surface area (Å²) in [7, 11) is 0. The molecule has 0 bridgehead atoms. The SMILES string of the molecule is C[C@H]1[NH2+]C2(CCCCC2)CC(C)(C)c2ccccc21. The van der Waals surface area contributed by atoms with Gasteiger partial charge in [-0.3, -0.25) is 0 Å². The largest absolute Gasteiger partial charge is 0.335 e. The van der Waals surface area contributed by atoms with Gasteiger partial charge < -0.3 is 5.32 Å². The Morgan fingerprint density at radius 2 is 1.74 bits per heavy atom. The maximum Gasteiger partial charge on any atom is 0.109 e.